The van der Waals surface area contributed by atoms with Crippen molar-refractivity contribution >= 4 is 12.0 Å². The molecule has 6 heteroatoms. The van der Waals surface area contributed by atoms with Gasteiger partial charge in [-0.2, -0.15) is 0 Å². The van der Waals surface area contributed by atoms with E-state index in [0.717, 1.165) is 12.8 Å². The highest BCUT2D eigenvalue weighted by molar-refractivity contribution is 5.74. The molecule has 2 amide bonds. The Morgan fingerprint density at radius 1 is 1.47 bits per heavy atom. The van der Waals surface area contributed by atoms with E-state index in [2.05, 4.69) is 5.32 Å². The molecule has 1 heterocycles. The van der Waals surface area contributed by atoms with Gasteiger partial charge in [0.2, 0.25) is 0 Å². The summed E-state index contributed by atoms with van der Waals surface area (Å²) >= 11 is 0. The minimum atomic E-state index is -0.820. The number of amides is 2. The number of ether oxygens (including phenoxy) is 1. The quantitative estimate of drug-likeness (QED) is 0.764. The molecule has 1 aliphatic heterocycles. The Labute approximate surface area is 114 Å². The second-order valence-corrected chi connectivity index (χ2v) is 4.89. The molecule has 19 heavy (non-hydrogen) atoms. The van der Waals surface area contributed by atoms with Crippen LogP contribution in [0.4, 0.5) is 4.79 Å². The van der Waals surface area contributed by atoms with Crippen LogP contribution in [0.3, 0.4) is 0 Å². The van der Waals surface area contributed by atoms with Crippen LogP contribution in [0.5, 0.6) is 0 Å². The molecule has 0 aliphatic carbocycles. The summed E-state index contributed by atoms with van der Waals surface area (Å²) in [6.45, 7) is 6.12. The average Bonchev–Trinajstić information content (AvgIpc) is 2.42. The van der Waals surface area contributed by atoms with Gasteiger partial charge in [-0.3, -0.25) is 4.79 Å². The molecule has 2 unspecified atom stereocenters. The van der Waals surface area contributed by atoms with E-state index < -0.39 is 5.97 Å². The Morgan fingerprint density at radius 3 is 2.79 bits per heavy atom. The van der Waals surface area contributed by atoms with Crippen molar-refractivity contribution in [3.05, 3.63) is 0 Å². The summed E-state index contributed by atoms with van der Waals surface area (Å²) in [5.41, 5.74) is 0. The predicted molar refractivity (Wildman–Crippen MR) is 71.0 cm³/mol. The lowest BCUT2D eigenvalue weighted by Crippen LogP contribution is -2.52. The van der Waals surface area contributed by atoms with Crippen molar-refractivity contribution in [3.8, 4) is 0 Å². The third-order valence-corrected chi connectivity index (χ3v) is 3.54. The van der Waals surface area contributed by atoms with E-state index in [-0.39, 0.29) is 24.4 Å². The molecule has 0 aromatic rings. The molecule has 1 aliphatic rings. The number of rotatable bonds is 6. The third kappa shape index (κ3) is 5.06. The second kappa shape index (κ2) is 7.99. The van der Waals surface area contributed by atoms with Gasteiger partial charge in [0.25, 0.3) is 0 Å². The van der Waals surface area contributed by atoms with Crippen molar-refractivity contribution in [3.63, 3.8) is 0 Å². The highest BCUT2D eigenvalue weighted by Gasteiger charge is 2.26. The van der Waals surface area contributed by atoms with Gasteiger partial charge in [-0.05, 0) is 12.3 Å². The molecule has 6 nitrogen and oxygen atoms in total. The minimum Gasteiger partial charge on any atom is -0.481 e. The zero-order chi connectivity index (χ0) is 14.3. The number of hydrogen-bond donors (Lipinski definition) is 2. The molecule has 110 valence electrons. The van der Waals surface area contributed by atoms with Gasteiger partial charge in [0.1, 0.15) is 0 Å². The normalized spacial score (nSPS) is 20.9. The van der Waals surface area contributed by atoms with Crippen molar-refractivity contribution < 1.29 is 19.4 Å². The predicted octanol–water partition coefficient (Wildman–Crippen LogP) is 1.31. The number of morpholine rings is 1. The molecule has 0 radical (unpaired) electrons. The van der Waals surface area contributed by atoms with Crippen molar-refractivity contribution in [2.24, 2.45) is 5.92 Å². The lowest BCUT2D eigenvalue weighted by Gasteiger charge is -2.35. The number of nitrogens with one attached hydrogen (secondary N) is 1. The molecule has 2 atom stereocenters. The Hall–Kier alpha value is -1.30. The van der Waals surface area contributed by atoms with Crippen LogP contribution in [-0.2, 0) is 9.53 Å². The number of hydrogen-bond acceptors (Lipinski definition) is 3. The van der Waals surface area contributed by atoms with E-state index in [1.165, 1.54) is 0 Å². The standard InChI is InChI=1S/C13H24N2O4/c1-3-10(7-12(16)17)8-14-13(18)15-5-6-19-9-11(15)4-2/h10-11H,3-9H2,1-2H3,(H,14,18)(H,16,17). The third-order valence-electron chi connectivity index (χ3n) is 3.54. The number of carboxylic acids is 1. The largest absolute Gasteiger partial charge is 0.481 e. The lowest BCUT2D eigenvalue weighted by atomic mass is 10.0. The molecule has 0 aromatic carbocycles. The van der Waals surface area contributed by atoms with Crippen LogP contribution >= 0.6 is 0 Å². The summed E-state index contributed by atoms with van der Waals surface area (Å²) in [4.78, 5) is 24.5. The fourth-order valence-electron chi connectivity index (χ4n) is 2.20. The van der Waals surface area contributed by atoms with Crippen molar-refractivity contribution in [2.45, 2.75) is 39.2 Å². The molecule has 0 spiro atoms. The molecule has 1 saturated heterocycles. The first-order valence-corrected chi connectivity index (χ1v) is 6.92. The van der Waals surface area contributed by atoms with Gasteiger partial charge in [0.15, 0.2) is 0 Å². The highest BCUT2D eigenvalue weighted by Crippen LogP contribution is 2.11. The van der Waals surface area contributed by atoms with Gasteiger partial charge in [-0.1, -0.05) is 20.3 Å². The van der Waals surface area contributed by atoms with E-state index >= 15 is 0 Å². The first-order valence-electron chi connectivity index (χ1n) is 6.92. The number of carboxylic acid groups (broad SMARTS) is 1. The molecule has 1 fully saturated rings. The summed E-state index contributed by atoms with van der Waals surface area (Å²) in [7, 11) is 0. The van der Waals surface area contributed by atoms with Gasteiger partial charge in [-0.15, -0.1) is 0 Å². The first kappa shape index (κ1) is 15.8. The van der Waals surface area contributed by atoms with E-state index in [0.29, 0.717) is 26.3 Å². The number of carbonyl (C=O) groups excluding carboxylic acids is 1. The lowest BCUT2D eigenvalue weighted by molar-refractivity contribution is -0.138. The molecule has 0 aromatic heterocycles. The van der Waals surface area contributed by atoms with Gasteiger partial charge in [-0.25, -0.2) is 4.79 Å². The Morgan fingerprint density at radius 2 is 2.21 bits per heavy atom. The SMILES string of the molecule is CCC(CNC(=O)N1CCOCC1CC)CC(=O)O. The van der Waals surface area contributed by atoms with E-state index in [1.807, 2.05) is 13.8 Å². The molecule has 1 rings (SSSR count). The van der Waals surface area contributed by atoms with Gasteiger partial charge in [0, 0.05) is 19.5 Å². The fourth-order valence-corrected chi connectivity index (χ4v) is 2.20. The van der Waals surface area contributed by atoms with Crippen molar-refractivity contribution in [1.82, 2.24) is 10.2 Å². The summed E-state index contributed by atoms with van der Waals surface area (Å²) < 4.78 is 5.35. The van der Waals surface area contributed by atoms with Crippen molar-refractivity contribution in [2.75, 3.05) is 26.3 Å². The summed E-state index contributed by atoms with van der Waals surface area (Å²) in [5, 5.41) is 11.6. The molecular weight excluding hydrogens is 248 g/mol. The molecule has 0 saturated carbocycles. The zero-order valence-electron chi connectivity index (χ0n) is 11.7. The summed E-state index contributed by atoms with van der Waals surface area (Å²) in [6, 6.07) is 0.00675. The minimum absolute atomic E-state index is 0.0115. The number of urea groups is 1. The van der Waals surface area contributed by atoms with E-state index in [4.69, 9.17) is 9.84 Å². The average molecular weight is 272 g/mol. The fraction of sp³-hybridized carbons (Fsp3) is 0.846. The van der Waals surface area contributed by atoms with E-state index in [1.54, 1.807) is 4.90 Å². The zero-order valence-corrected chi connectivity index (χ0v) is 11.7. The highest BCUT2D eigenvalue weighted by atomic mass is 16.5. The Balaban J connectivity index is 2.42. The molecule has 2 N–H and O–H groups in total. The van der Waals surface area contributed by atoms with Crippen LogP contribution in [0.1, 0.15) is 33.1 Å². The van der Waals surface area contributed by atoms with Gasteiger partial charge >= 0.3 is 12.0 Å². The topological polar surface area (TPSA) is 78.9 Å². The maximum absolute atomic E-state index is 12.1. The van der Waals surface area contributed by atoms with Gasteiger partial charge in [0.05, 0.1) is 19.3 Å². The van der Waals surface area contributed by atoms with Crippen LogP contribution in [0.25, 0.3) is 0 Å². The Kier molecular flexibility index (Phi) is 6.62. The monoisotopic (exact) mass is 272 g/mol. The smallest absolute Gasteiger partial charge is 0.317 e. The summed E-state index contributed by atoms with van der Waals surface area (Å²) in [6.07, 6.45) is 1.70. The van der Waals surface area contributed by atoms with E-state index in [9.17, 15) is 9.59 Å². The van der Waals surface area contributed by atoms with Crippen LogP contribution in [0.15, 0.2) is 0 Å². The Bertz CT molecular complexity index is 309. The van der Waals surface area contributed by atoms with Crippen molar-refractivity contribution in [1.29, 1.82) is 0 Å². The van der Waals surface area contributed by atoms with Crippen LogP contribution in [0.2, 0.25) is 0 Å². The van der Waals surface area contributed by atoms with Crippen LogP contribution in [-0.4, -0.2) is 54.4 Å². The number of nitrogens with zero attached hydrogens (tertiary/aromatic N) is 1. The first-order chi connectivity index (χ1) is 9.08. The number of carbonyl (C=O) groups is 2. The molecule has 0 bridgehead atoms. The molecular formula is C13H24N2O4. The second-order valence-electron chi connectivity index (χ2n) is 4.89. The van der Waals surface area contributed by atoms with Gasteiger partial charge < -0.3 is 20.1 Å². The number of aliphatic carboxylic acids is 1. The summed E-state index contributed by atoms with van der Waals surface area (Å²) in [5.74, 6) is -0.832. The maximum Gasteiger partial charge on any atom is 0.317 e. The van der Waals surface area contributed by atoms with Crippen LogP contribution in [0, 0.1) is 5.92 Å². The van der Waals surface area contributed by atoms with Crippen LogP contribution < -0.4 is 5.32 Å². The maximum atomic E-state index is 12.1.